The van der Waals surface area contributed by atoms with Crippen molar-refractivity contribution in [2.24, 2.45) is 0 Å². The Labute approximate surface area is 131 Å². The molecule has 23 heavy (non-hydrogen) atoms. The van der Waals surface area contributed by atoms with Gasteiger partial charge < -0.3 is 19.8 Å². The molecule has 0 spiro atoms. The van der Waals surface area contributed by atoms with E-state index in [1.807, 2.05) is 24.3 Å². The number of para-hydroxylation sites is 1. The van der Waals surface area contributed by atoms with Gasteiger partial charge in [-0.15, -0.1) is 0 Å². The Morgan fingerprint density at radius 2 is 2.09 bits per heavy atom. The average Bonchev–Trinajstić information content (AvgIpc) is 2.98. The maximum Gasteiger partial charge on any atom is 0.406 e. The number of ether oxygens (including phenoxy) is 1. The number of aromatic amines is 1. The second-order valence-corrected chi connectivity index (χ2v) is 4.95. The molecule has 0 bridgehead atoms. The number of nitro groups is 1. The SMILES string of the molecule is C[C@H](Oc1cccnc1[N+](=O)[O-])C(=O)c1c[nH]c2ccccc12. The van der Waals surface area contributed by atoms with Crippen LogP contribution in [0.2, 0.25) is 0 Å². The summed E-state index contributed by atoms with van der Waals surface area (Å²) in [5.74, 6) is -0.704. The van der Waals surface area contributed by atoms with Crippen LogP contribution in [0.5, 0.6) is 5.75 Å². The van der Waals surface area contributed by atoms with Crippen LogP contribution in [0, 0.1) is 10.1 Å². The number of carbonyl (C=O) groups excluding carboxylic acids is 1. The molecule has 0 amide bonds. The van der Waals surface area contributed by atoms with Crippen LogP contribution in [0.1, 0.15) is 17.3 Å². The van der Waals surface area contributed by atoms with Gasteiger partial charge in [0, 0.05) is 22.7 Å². The summed E-state index contributed by atoms with van der Waals surface area (Å²) in [6.45, 7) is 1.56. The summed E-state index contributed by atoms with van der Waals surface area (Å²) >= 11 is 0. The summed E-state index contributed by atoms with van der Waals surface area (Å²) in [6, 6.07) is 10.3. The lowest BCUT2D eigenvalue weighted by molar-refractivity contribution is -0.390. The van der Waals surface area contributed by atoms with Crippen molar-refractivity contribution in [1.29, 1.82) is 0 Å². The Kier molecular flexibility index (Phi) is 3.76. The molecule has 0 aliphatic carbocycles. The molecule has 0 radical (unpaired) electrons. The van der Waals surface area contributed by atoms with Crippen molar-refractivity contribution in [1.82, 2.24) is 9.97 Å². The molecule has 2 heterocycles. The monoisotopic (exact) mass is 311 g/mol. The Bertz CT molecular complexity index is 888. The average molecular weight is 311 g/mol. The Morgan fingerprint density at radius 1 is 1.30 bits per heavy atom. The number of fused-ring (bicyclic) bond motifs is 1. The third-order valence-electron chi connectivity index (χ3n) is 3.45. The van der Waals surface area contributed by atoms with Crippen molar-refractivity contribution in [2.45, 2.75) is 13.0 Å². The van der Waals surface area contributed by atoms with Crippen LogP contribution < -0.4 is 4.74 Å². The Balaban J connectivity index is 1.88. The van der Waals surface area contributed by atoms with Crippen molar-refractivity contribution >= 4 is 22.5 Å². The number of benzene rings is 1. The van der Waals surface area contributed by atoms with Crippen molar-refractivity contribution < 1.29 is 14.5 Å². The van der Waals surface area contributed by atoms with Gasteiger partial charge in [0.1, 0.15) is 6.20 Å². The highest BCUT2D eigenvalue weighted by atomic mass is 16.6. The summed E-state index contributed by atoms with van der Waals surface area (Å²) in [7, 11) is 0. The number of Topliss-reactive ketones (excluding diaryl/α,β-unsaturated/α-hetero) is 1. The van der Waals surface area contributed by atoms with E-state index in [2.05, 4.69) is 9.97 Å². The summed E-state index contributed by atoms with van der Waals surface area (Å²) < 4.78 is 5.47. The van der Waals surface area contributed by atoms with Gasteiger partial charge in [-0.05, 0) is 35.0 Å². The van der Waals surface area contributed by atoms with E-state index in [9.17, 15) is 14.9 Å². The van der Waals surface area contributed by atoms with Crippen LogP contribution in [-0.4, -0.2) is 26.8 Å². The highest BCUT2D eigenvalue weighted by molar-refractivity contribution is 6.09. The number of pyridine rings is 1. The predicted octanol–water partition coefficient (Wildman–Crippen LogP) is 3.12. The molecule has 0 aliphatic rings. The van der Waals surface area contributed by atoms with Crippen LogP contribution in [0.3, 0.4) is 0 Å². The van der Waals surface area contributed by atoms with E-state index in [1.54, 1.807) is 13.1 Å². The summed E-state index contributed by atoms with van der Waals surface area (Å²) in [5.41, 5.74) is 1.33. The molecular weight excluding hydrogens is 298 g/mol. The molecule has 3 aromatic rings. The number of H-pyrrole nitrogens is 1. The van der Waals surface area contributed by atoms with Crippen LogP contribution in [-0.2, 0) is 0 Å². The summed E-state index contributed by atoms with van der Waals surface area (Å²) in [6.07, 6.45) is 2.04. The molecule has 116 valence electrons. The quantitative estimate of drug-likeness (QED) is 0.443. The minimum Gasteiger partial charge on any atom is -0.474 e. The molecule has 1 N–H and O–H groups in total. The molecule has 2 aromatic heterocycles. The van der Waals surface area contributed by atoms with E-state index < -0.39 is 16.8 Å². The molecule has 1 atom stereocenters. The lowest BCUT2D eigenvalue weighted by Crippen LogP contribution is -2.24. The second-order valence-electron chi connectivity index (χ2n) is 4.95. The lowest BCUT2D eigenvalue weighted by atomic mass is 10.1. The van der Waals surface area contributed by atoms with Crippen molar-refractivity contribution in [2.75, 3.05) is 0 Å². The van der Waals surface area contributed by atoms with E-state index >= 15 is 0 Å². The first kappa shape index (κ1) is 14.7. The number of rotatable bonds is 5. The third kappa shape index (κ3) is 2.76. The summed E-state index contributed by atoms with van der Waals surface area (Å²) in [4.78, 5) is 29.6. The van der Waals surface area contributed by atoms with Gasteiger partial charge in [0.2, 0.25) is 11.5 Å². The molecule has 7 nitrogen and oxygen atoms in total. The molecule has 0 fully saturated rings. The largest absolute Gasteiger partial charge is 0.474 e. The van der Waals surface area contributed by atoms with Gasteiger partial charge in [0.15, 0.2) is 6.10 Å². The zero-order valence-corrected chi connectivity index (χ0v) is 12.2. The first-order valence-corrected chi connectivity index (χ1v) is 6.94. The second kappa shape index (κ2) is 5.88. The van der Waals surface area contributed by atoms with Gasteiger partial charge in [-0.1, -0.05) is 18.2 Å². The number of aromatic nitrogens is 2. The molecule has 0 aliphatic heterocycles. The topological polar surface area (TPSA) is 98.1 Å². The van der Waals surface area contributed by atoms with Crippen LogP contribution >= 0.6 is 0 Å². The standard InChI is InChI=1S/C16H13N3O4/c1-10(23-14-7-4-8-17-16(14)19(21)22)15(20)12-9-18-13-6-3-2-5-11(12)13/h2-10,18H,1H3/t10-/m0/s1. The number of nitrogens with zero attached hydrogens (tertiary/aromatic N) is 2. The third-order valence-corrected chi connectivity index (χ3v) is 3.45. The predicted molar refractivity (Wildman–Crippen MR) is 83.6 cm³/mol. The smallest absolute Gasteiger partial charge is 0.406 e. The highest BCUT2D eigenvalue weighted by Crippen LogP contribution is 2.26. The van der Waals surface area contributed by atoms with Crippen molar-refractivity contribution in [3.63, 3.8) is 0 Å². The molecule has 0 saturated heterocycles. The zero-order chi connectivity index (χ0) is 16.4. The van der Waals surface area contributed by atoms with Crippen LogP contribution in [0.15, 0.2) is 48.8 Å². The van der Waals surface area contributed by atoms with Crippen molar-refractivity contribution in [3.05, 3.63) is 64.5 Å². The van der Waals surface area contributed by atoms with E-state index in [0.29, 0.717) is 5.56 Å². The van der Waals surface area contributed by atoms with Gasteiger partial charge in [-0.25, -0.2) is 0 Å². The first-order chi connectivity index (χ1) is 11.1. The van der Waals surface area contributed by atoms with Crippen molar-refractivity contribution in [3.8, 4) is 5.75 Å². The van der Waals surface area contributed by atoms with E-state index in [0.717, 1.165) is 10.9 Å². The van der Waals surface area contributed by atoms with Crippen LogP contribution in [0.25, 0.3) is 10.9 Å². The zero-order valence-electron chi connectivity index (χ0n) is 12.2. The van der Waals surface area contributed by atoms with Gasteiger partial charge in [-0.2, -0.15) is 0 Å². The Morgan fingerprint density at radius 3 is 2.87 bits per heavy atom. The van der Waals surface area contributed by atoms with E-state index in [1.165, 1.54) is 18.3 Å². The van der Waals surface area contributed by atoms with Crippen LogP contribution in [0.4, 0.5) is 5.82 Å². The molecular formula is C16H13N3O4. The normalized spacial score (nSPS) is 12.0. The lowest BCUT2D eigenvalue weighted by Gasteiger charge is -2.12. The van der Waals surface area contributed by atoms with Gasteiger partial charge in [-0.3, -0.25) is 4.79 Å². The minimum atomic E-state index is -0.878. The number of ketones is 1. The van der Waals surface area contributed by atoms with Gasteiger partial charge in [0.05, 0.1) is 0 Å². The van der Waals surface area contributed by atoms with Gasteiger partial charge >= 0.3 is 5.82 Å². The van der Waals surface area contributed by atoms with Gasteiger partial charge in [0.25, 0.3) is 0 Å². The summed E-state index contributed by atoms with van der Waals surface area (Å²) in [5, 5.41) is 11.7. The highest BCUT2D eigenvalue weighted by Gasteiger charge is 2.24. The maximum atomic E-state index is 12.6. The number of nitrogens with one attached hydrogen (secondary N) is 1. The van der Waals surface area contributed by atoms with E-state index in [-0.39, 0.29) is 11.5 Å². The molecule has 0 saturated carbocycles. The fraction of sp³-hybridized carbons (Fsp3) is 0.125. The fourth-order valence-corrected chi connectivity index (χ4v) is 2.35. The molecule has 3 rings (SSSR count). The minimum absolute atomic E-state index is 0.0295. The number of hydrogen-bond donors (Lipinski definition) is 1. The fourth-order valence-electron chi connectivity index (χ4n) is 2.35. The Hall–Kier alpha value is -3.22. The maximum absolute atomic E-state index is 12.6. The molecule has 0 unspecified atom stereocenters. The van der Waals surface area contributed by atoms with E-state index in [4.69, 9.17) is 4.74 Å². The molecule has 7 heteroatoms. The molecule has 1 aromatic carbocycles. The number of hydrogen-bond acceptors (Lipinski definition) is 5. The number of carbonyl (C=O) groups is 1. The first-order valence-electron chi connectivity index (χ1n) is 6.94.